The lowest BCUT2D eigenvalue weighted by Crippen LogP contribution is -2.55. The molecule has 0 spiro atoms. The number of thioether (sulfide) groups is 1. The van der Waals surface area contributed by atoms with Gasteiger partial charge in [0.25, 0.3) is 5.91 Å². The second-order valence-electron chi connectivity index (χ2n) is 6.26. The fourth-order valence-corrected chi connectivity index (χ4v) is 4.25. The number of carbonyl (C=O) groups excluding carboxylic acids is 2. The Labute approximate surface area is 167 Å². The lowest BCUT2D eigenvalue weighted by Gasteiger charge is -2.34. The molecule has 0 bridgehead atoms. The van der Waals surface area contributed by atoms with Crippen LogP contribution in [0.4, 0.5) is 10.5 Å². The Morgan fingerprint density at radius 3 is 2.71 bits per heavy atom. The van der Waals surface area contributed by atoms with Gasteiger partial charge in [0.1, 0.15) is 6.07 Å². The van der Waals surface area contributed by atoms with Gasteiger partial charge in [0, 0.05) is 25.5 Å². The van der Waals surface area contributed by atoms with Crippen LogP contribution < -0.4 is 4.90 Å². The van der Waals surface area contributed by atoms with E-state index in [9.17, 15) is 20.0 Å². The SMILES string of the molecule is CCN1/C(=C(C#N)/C=C/C=C2\C(=O)N(C)C(=O)N(C)C2O)Sc2ccccc21. The van der Waals surface area contributed by atoms with E-state index in [4.69, 9.17) is 0 Å². The molecule has 1 unspecified atom stereocenters. The minimum absolute atomic E-state index is 0.0675. The molecular weight excluding hydrogens is 376 g/mol. The van der Waals surface area contributed by atoms with Crippen LogP contribution in [0.15, 0.2) is 63.6 Å². The molecule has 1 aromatic carbocycles. The van der Waals surface area contributed by atoms with Crippen molar-refractivity contribution in [2.75, 3.05) is 25.5 Å². The predicted molar refractivity (Wildman–Crippen MR) is 107 cm³/mol. The number of nitriles is 1. The highest BCUT2D eigenvalue weighted by Gasteiger charge is 2.37. The highest BCUT2D eigenvalue weighted by atomic mass is 32.2. The van der Waals surface area contributed by atoms with Crippen molar-refractivity contribution in [3.05, 3.63) is 58.7 Å². The summed E-state index contributed by atoms with van der Waals surface area (Å²) in [6, 6.07) is 9.58. The van der Waals surface area contributed by atoms with E-state index >= 15 is 0 Å². The van der Waals surface area contributed by atoms with Gasteiger partial charge in [0.15, 0.2) is 6.23 Å². The number of imide groups is 1. The van der Waals surface area contributed by atoms with Crippen LogP contribution in [0.5, 0.6) is 0 Å². The summed E-state index contributed by atoms with van der Waals surface area (Å²) in [4.78, 5) is 29.3. The number of nitrogens with zero attached hydrogens (tertiary/aromatic N) is 4. The van der Waals surface area contributed by atoms with Gasteiger partial charge in [-0.05, 0) is 31.2 Å². The third-order valence-electron chi connectivity index (χ3n) is 4.60. The van der Waals surface area contributed by atoms with Crippen molar-refractivity contribution < 1.29 is 14.7 Å². The van der Waals surface area contributed by atoms with Gasteiger partial charge in [-0.25, -0.2) is 4.79 Å². The maximum absolute atomic E-state index is 12.3. The molecule has 1 N–H and O–H groups in total. The number of para-hydroxylation sites is 1. The van der Waals surface area contributed by atoms with Crippen LogP contribution >= 0.6 is 11.8 Å². The van der Waals surface area contributed by atoms with E-state index in [2.05, 4.69) is 11.0 Å². The number of likely N-dealkylation sites (N-methyl/N-ethyl adjacent to an activating group) is 2. The van der Waals surface area contributed by atoms with Crippen LogP contribution in [0.25, 0.3) is 0 Å². The largest absolute Gasteiger partial charge is 0.369 e. The normalized spacial score (nSPS) is 22.9. The zero-order chi connectivity index (χ0) is 20.4. The average molecular weight is 396 g/mol. The molecular formula is C20H20N4O3S. The zero-order valence-corrected chi connectivity index (χ0v) is 16.6. The summed E-state index contributed by atoms with van der Waals surface area (Å²) in [5.41, 5.74) is 1.58. The molecule has 0 aromatic heterocycles. The molecule has 1 saturated heterocycles. The first-order chi connectivity index (χ1) is 13.4. The Morgan fingerprint density at radius 1 is 1.32 bits per heavy atom. The number of fused-ring (bicyclic) bond motifs is 1. The number of amides is 3. The topological polar surface area (TPSA) is 87.9 Å². The van der Waals surface area contributed by atoms with E-state index in [0.29, 0.717) is 12.1 Å². The van der Waals surface area contributed by atoms with Gasteiger partial charge in [-0.2, -0.15) is 5.26 Å². The molecule has 144 valence electrons. The van der Waals surface area contributed by atoms with Crippen LogP contribution in [-0.2, 0) is 4.79 Å². The summed E-state index contributed by atoms with van der Waals surface area (Å²) < 4.78 is 0. The Balaban J connectivity index is 1.92. The number of aliphatic hydroxyl groups is 1. The number of carbonyl (C=O) groups is 2. The highest BCUT2D eigenvalue weighted by molar-refractivity contribution is 8.03. The summed E-state index contributed by atoms with van der Waals surface area (Å²) >= 11 is 1.52. The van der Waals surface area contributed by atoms with E-state index in [1.165, 1.54) is 31.9 Å². The quantitative estimate of drug-likeness (QED) is 0.624. The van der Waals surface area contributed by atoms with E-state index in [1.54, 1.807) is 12.2 Å². The number of urea groups is 1. The minimum Gasteiger partial charge on any atom is -0.369 e. The Hall–Kier alpha value is -3.02. The van der Waals surface area contributed by atoms with E-state index in [-0.39, 0.29) is 5.57 Å². The van der Waals surface area contributed by atoms with Crippen molar-refractivity contribution in [2.45, 2.75) is 18.0 Å². The lowest BCUT2D eigenvalue weighted by atomic mass is 10.1. The number of hydrogen-bond acceptors (Lipinski definition) is 6. The number of allylic oxidation sites excluding steroid dienone is 4. The maximum Gasteiger partial charge on any atom is 0.328 e. The summed E-state index contributed by atoms with van der Waals surface area (Å²) in [6.07, 6.45) is 3.28. The molecule has 0 radical (unpaired) electrons. The van der Waals surface area contributed by atoms with Crippen LogP contribution in [-0.4, -0.2) is 53.7 Å². The van der Waals surface area contributed by atoms with E-state index in [0.717, 1.165) is 25.4 Å². The molecule has 28 heavy (non-hydrogen) atoms. The molecule has 1 aromatic rings. The van der Waals surface area contributed by atoms with Crippen LogP contribution in [0.1, 0.15) is 6.92 Å². The summed E-state index contributed by atoms with van der Waals surface area (Å²) in [7, 11) is 2.78. The van der Waals surface area contributed by atoms with Gasteiger partial charge in [-0.15, -0.1) is 0 Å². The van der Waals surface area contributed by atoms with Crippen molar-refractivity contribution in [1.82, 2.24) is 9.80 Å². The number of benzene rings is 1. The van der Waals surface area contributed by atoms with E-state index in [1.807, 2.05) is 31.2 Å². The van der Waals surface area contributed by atoms with Gasteiger partial charge < -0.3 is 10.0 Å². The molecule has 7 nitrogen and oxygen atoms in total. The molecule has 0 saturated carbocycles. The molecule has 2 heterocycles. The molecule has 2 aliphatic heterocycles. The van der Waals surface area contributed by atoms with Crippen molar-refractivity contribution in [1.29, 1.82) is 5.26 Å². The first-order valence-electron chi connectivity index (χ1n) is 8.70. The first-order valence-corrected chi connectivity index (χ1v) is 9.52. The van der Waals surface area contributed by atoms with E-state index < -0.39 is 18.2 Å². The Bertz CT molecular complexity index is 960. The minimum atomic E-state index is -1.32. The predicted octanol–water partition coefficient (Wildman–Crippen LogP) is 2.68. The third-order valence-corrected chi connectivity index (χ3v) is 5.80. The standard InChI is InChI=1S/C20H20N4O3S/c1-4-24-15-10-5-6-11-16(15)28-19(24)13(12-21)8-7-9-14-17(25)22(2)20(27)23(3)18(14)26/h5-11,17,25H,4H2,1-3H3/b8-7+,14-9-,19-13+. The fraction of sp³-hybridized carbons (Fsp3) is 0.250. The highest BCUT2D eigenvalue weighted by Crippen LogP contribution is 2.46. The second kappa shape index (κ2) is 7.92. The number of hydrogen-bond donors (Lipinski definition) is 1. The Kier molecular flexibility index (Phi) is 5.58. The van der Waals surface area contributed by atoms with Gasteiger partial charge in [-0.1, -0.05) is 30.0 Å². The molecule has 8 heteroatoms. The average Bonchev–Trinajstić information content (AvgIpc) is 3.08. The van der Waals surface area contributed by atoms with Crippen LogP contribution in [0, 0.1) is 11.3 Å². The van der Waals surface area contributed by atoms with Crippen molar-refractivity contribution in [2.24, 2.45) is 0 Å². The monoisotopic (exact) mass is 396 g/mol. The molecule has 2 aliphatic rings. The van der Waals surface area contributed by atoms with Gasteiger partial charge in [0.05, 0.1) is 21.9 Å². The molecule has 1 atom stereocenters. The lowest BCUT2D eigenvalue weighted by molar-refractivity contribution is -0.128. The van der Waals surface area contributed by atoms with Gasteiger partial charge in [0.2, 0.25) is 0 Å². The maximum atomic E-state index is 12.3. The van der Waals surface area contributed by atoms with Crippen molar-refractivity contribution in [3.8, 4) is 6.07 Å². The van der Waals surface area contributed by atoms with Crippen molar-refractivity contribution >= 4 is 29.4 Å². The van der Waals surface area contributed by atoms with Crippen LogP contribution in [0.2, 0.25) is 0 Å². The molecule has 3 rings (SSSR count). The molecule has 1 fully saturated rings. The number of aliphatic hydroxyl groups excluding tert-OH is 1. The summed E-state index contributed by atoms with van der Waals surface area (Å²) in [5.74, 6) is -0.566. The summed E-state index contributed by atoms with van der Waals surface area (Å²) in [6.45, 7) is 2.73. The van der Waals surface area contributed by atoms with Crippen molar-refractivity contribution in [3.63, 3.8) is 0 Å². The fourth-order valence-electron chi connectivity index (χ4n) is 3.05. The van der Waals surface area contributed by atoms with Gasteiger partial charge >= 0.3 is 6.03 Å². The first kappa shape index (κ1) is 19.7. The summed E-state index contributed by atoms with van der Waals surface area (Å²) in [5, 5.41) is 20.7. The van der Waals surface area contributed by atoms with Gasteiger partial charge in [-0.3, -0.25) is 14.6 Å². The third kappa shape index (κ3) is 3.30. The smallest absolute Gasteiger partial charge is 0.328 e. The second-order valence-corrected chi connectivity index (χ2v) is 7.29. The van der Waals surface area contributed by atoms with Crippen LogP contribution in [0.3, 0.4) is 0 Å². The molecule has 0 aliphatic carbocycles. The molecule has 3 amide bonds. The number of anilines is 1. The zero-order valence-electron chi connectivity index (χ0n) is 15.8. The number of rotatable bonds is 3. The Morgan fingerprint density at radius 2 is 2.04 bits per heavy atom.